The molecule has 0 amide bonds. The number of allylic oxidation sites excluding steroid dienone is 1. The van der Waals surface area contributed by atoms with Crippen LogP contribution < -0.4 is 16.8 Å². The highest BCUT2D eigenvalue weighted by Crippen LogP contribution is 2.20. The fraction of sp³-hybridized carbons (Fsp3) is 0.333. The summed E-state index contributed by atoms with van der Waals surface area (Å²) in [6, 6.07) is 12.4. The summed E-state index contributed by atoms with van der Waals surface area (Å²) in [5.41, 5.74) is 16.5. The Morgan fingerprint density at radius 3 is 2.75 bits per heavy atom. The molecule has 0 fully saturated rings. The molecule has 28 heavy (non-hydrogen) atoms. The molecular weight excluding hydrogens is 368 g/mol. The maximum absolute atomic E-state index is 6.21. The van der Waals surface area contributed by atoms with Crippen LogP contribution in [0.4, 0.5) is 10.9 Å². The van der Waals surface area contributed by atoms with E-state index in [0.717, 1.165) is 65.6 Å². The maximum atomic E-state index is 6.21. The number of nitrogens with two attached hydrogens (primary N) is 2. The van der Waals surface area contributed by atoms with Gasteiger partial charge in [0.1, 0.15) is 10.8 Å². The quantitative estimate of drug-likeness (QED) is 0.385. The number of aryl methyl sites for hydroxylation is 1. The number of nitrogens with one attached hydrogen (secondary N) is 2. The minimum Gasteiger partial charge on any atom is -0.402 e. The molecule has 2 heterocycles. The Kier molecular flexibility index (Phi) is 7.08. The van der Waals surface area contributed by atoms with E-state index in [1.54, 1.807) is 11.3 Å². The lowest BCUT2D eigenvalue weighted by Crippen LogP contribution is -1.98. The number of aromatic amines is 1. The molecule has 0 bridgehead atoms. The van der Waals surface area contributed by atoms with Crippen molar-refractivity contribution in [2.24, 2.45) is 5.73 Å². The predicted molar refractivity (Wildman–Crippen MR) is 118 cm³/mol. The van der Waals surface area contributed by atoms with E-state index in [9.17, 15) is 0 Å². The Morgan fingerprint density at radius 2 is 2.00 bits per heavy atom. The Morgan fingerprint density at radius 1 is 1.18 bits per heavy atom. The zero-order chi connectivity index (χ0) is 19.8. The summed E-state index contributed by atoms with van der Waals surface area (Å²) in [5.74, 6) is 0.672. The Hall–Kier alpha value is -2.80. The number of H-pyrrole nitrogens is 1. The average Bonchev–Trinajstić information content (AvgIpc) is 3.29. The molecule has 0 aliphatic rings. The van der Waals surface area contributed by atoms with Crippen molar-refractivity contribution >= 4 is 28.4 Å². The van der Waals surface area contributed by atoms with E-state index >= 15 is 0 Å². The van der Waals surface area contributed by atoms with Crippen molar-refractivity contribution in [3.8, 4) is 0 Å². The van der Waals surface area contributed by atoms with Crippen LogP contribution in [0.25, 0.3) is 6.08 Å². The van der Waals surface area contributed by atoms with Crippen LogP contribution in [0.5, 0.6) is 0 Å². The van der Waals surface area contributed by atoms with Gasteiger partial charge in [-0.2, -0.15) is 0 Å². The van der Waals surface area contributed by atoms with Gasteiger partial charge in [-0.1, -0.05) is 48.1 Å². The minimum absolute atomic E-state index is 0.672. The van der Waals surface area contributed by atoms with Gasteiger partial charge in [-0.3, -0.25) is 0 Å². The third kappa shape index (κ3) is 5.85. The molecule has 148 valence electrons. The second-order valence-corrected chi connectivity index (χ2v) is 7.92. The number of hydrogen-bond acceptors (Lipinski definition) is 6. The molecule has 7 heteroatoms. The number of anilines is 2. The smallest absolute Gasteiger partial charge is 0.205 e. The van der Waals surface area contributed by atoms with Crippen molar-refractivity contribution in [3.63, 3.8) is 0 Å². The Bertz CT molecular complexity index is 897. The van der Waals surface area contributed by atoms with Gasteiger partial charge >= 0.3 is 0 Å². The zero-order valence-corrected chi connectivity index (χ0v) is 17.1. The van der Waals surface area contributed by atoms with Gasteiger partial charge in [-0.15, -0.1) is 10.2 Å². The third-order valence-electron chi connectivity index (χ3n) is 4.55. The number of rotatable bonds is 10. The second kappa shape index (κ2) is 9.94. The van der Waals surface area contributed by atoms with Crippen molar-refractivity contribution < 1.29 is 0 Å². The lowest BCUT2D eigenvalue weighted by molar-refractivity contribution is 0.670. The highest BCUT2D eigenvalue weighted by atomic mass is 32.1. The van der Waals surface area contributed by atoms with Crippen LogP contribution >= 0.6 is 11.3 Å². The Balaban J connectivity index is 1.44. The molecule has 0 atom stereocenters. The van der Waals surface area contributed by atoms with E-state index in [1.807, 2.05) is 31.3 Å². The normalized spacial score (nSPS) is 11.7. The summed E-state index contributed by atoms with van der Waals surface area (Å²) in [4.78, 5) is 3.26. The van der Waals surface area contributed by atoms with Crippen molar-refractivity contribution in [3.05, 3.63) is 63.9 Å². The van der Waals surface area contributed by atoms with Crippen molar-refractivity contribution in [1.82, 2.24) is 15.2 Å². The van der Waals surface area contributed by atoms with E-state index in [1.165, 1.54) is 5.56 Å². The van der Waals surface area contributed by atoms with E-state index in [4.69, 9.17) is 11.5 Å². The summed E-state index contributed by atoms with van der Waals surface area (Å²) < 4.78 is 0. The lowest BCUT2D eigenvalue weighted by Gasteiger charge is -2.02. The molecule has 0 aliphatic carbocycles. The predicted octanol–water partition coefficient (Wildman–Crippen LogP) is 4.18. The van der Waals surface area contributed by atoms with Crippen LogP contribution in [0.1, 0.15) is 47.5 Å². The summed E-state index contributed by atoms with van der Waals surface area (Å²) in [6.07, 6.45) is 7.93. The number of benzene rings is 1. The molecule has 6 nitrogen and oxygen atoms in total. The second-order valence-electron chi connectivity index (χ2n) is 6.86. The van der Waals surface area contributed by atoms with Crippen LogP contribution in [0.3, 0.4) is 0 Å². The summed E-state index contributed by atoms with van der Waals surface area (Å²) in [6.45, 7) is 0. The van der Waals surface area contributed by atoms with Crippen LogP contribution in [-0.2, 0) is 12.8 Å². The van der Waals surface area contributed by atoms with Gasteiger partial charge in [0, 0.05) is 36.8 Å². The van der Waals surface area contributed by atoms with Gasteiger partial charge in [0.15, 0.2) is 0 Å². The molecule has 0 saturated heterocycles. The van der Waals surface area contributed by atoms with Gasteiger partial charge in [0.05, 0.1) is 0 Å². The first-order valence-electron chi connectivity index (χ1n) is 9.61. The first-order chi connectivity index (χ1) is 13.6. The molecule has 1 aromatic carbocycles. The van der Waals surface area contributed by atoms with E-state index in [2.05, 4.69) is 38.7 Å². The summed E-state index contributed by atoms with van der Waals surface area (Å²) in [7, 11) is 1.86. The number of hydrogen-bond donors (Lipinski definition) is 4. The lowest BCUT2D eigenvalue weighted by atomic mass is 10.1. The summed E-state index contributed by atoms with van der Waals surface area (Å²) in [5, 5.41) is 13.2. The maximum Gasteiger partial charge on any atom is 0.205 e. The number of aromatic nitrogens is 3. The molecule has 3 aromatic rings. The molecule has 0 radical (unpaired) electrons. The highest BCUT2D eigenvalue weighted by Gasteiger charge is 2.06. The summed E-state index contributed by atoms with van der Waals surface area (Å²) >= 11 is 1.62. The topological polar surface area (TPSA) is 106 Å². The average molecular weight is 397 g/mol. The van der Waals surface area contributed by atoms with Gasteiger partial charge < -0.3 is 21.8 Å². The SMILES string of the molecule is CNc1nnc(CCCCC/C(N)=C/c2cc(Cc3ccccc3)[nH]c2N)s1. The molecule has 0 aliphatic heterocycles. The largest absolute Gasteiger partial charge is 0.402 e. The molecular formula is C21H28N6S. The van der Waals surface area contributed by atoms with Crippen LogP contribution in [0, 0.1) is 0 Å². The molecule has 0 spiro atoms. The van der Waals surface area contributed by atoms with Crippen molar-refractivity contribution in [2.75, 3.05) is 18.1 Å². The highest BCUT2D eigenvalue weighted by molar-refractivity contribution is 7.15. The zero-order valence-electron chi connectivity index (χ0n) is 16.2. The number of nitrogens with zero attached hydrogens (tertiary/aromatic N) is 2. The van der Waals surface area contributed by atoms with Gasteiger partial charge in [-0.05, 0) is 37.0 Å². The van der Waals surface area contributed by atoms with Crippen molar-refractivity contribution in [1.29, 1.82) is 0 Å². The van der Waals surface area contributed by atoms with Gasteiger partial charge in [-0.25, -0.2) is 0 Å². The third-order valence-corrected chi connectivity index (χ3v) is 5.55. The molecule has 0 saturated carbocycles. The fourth-order valence-corrected chi connectivity index (χ4v) is 3.82. The first-order valence-corrected chi connectivity index (χ1v) is 10.4. The standard InChI is InChI=1S/C21H28N6S/c1-24-21-27-26-19(28-21)11-7-3-6-10-17(22)13-16-14-18(25-20(16)23)12-15-8-4-2-5-9-15/h2,4-5,8-9,13-14,25H,3,6-7,10-12,22-23H2,1H3,(H,24,27)/b17-13-. The molecule has 0 unspecified atom stereocenters. The van der Waals surface area contributed by atoms with Crippen LogP contribution in [0.15, 0.2) is 42.1 Å². The van der Waals surface area contributed by atoms with E-state index in [-0.39, 0.29) is 0 Å². The molecule has 2 aromatic heterocycles. The minimum atomic E-state index is 0.672. The first kappa shape index (κ1) is 19.9. The molecule has 6 N–H and O–H groups in total. The monoisotopic (exact) mass is 396 g/mol. The van der Waals surface area contributed by atoms with Crippen LogP contribution in [0.2, 0.25) is 0 Å². The Labute approximate surface area is 170 Å². The number of nitrogen functional groups attached to an aromatic ring is 1. The fourth-order valence-electron chi connectivity index (χ4n) is 3.09. The number of unbranched alkanes of at least 4 members (excludes halogenated alkanes) is 2. The van der Waals surface area contributed by atoms with Gasteiger partial charge in [0.2, 0.25) is 5.13 Å². The molecule has 3 rings (SSSR count). The van der Waals surface area contributed by atoms with Crippen LogP contribution in [-0.4, -0.2) is 22.2 Å². The van der Waals surface area contributed by atoms with E-state index < -0.39 is 0 Å². The van der Waals surface area contributed by atoms with Gasteiger partial charge in [0.25, 0.3) is 0 Å². The van der Waals surface area contributed by atoms with Crippen molar-refractivity contribution in [2.45, 2.75) is 38.5 Å². The van der Waals surface area contributed by atoms with E-state index in [0.29, 0.717) is 5.82 Å².